The lowest BCUT2D eigenvalue weighted by molar-refractivity contribution is -0.129. The zero-order valence-corrected chi connectivity index (χ0v) is 12.9. The van der Waals surface area contributed by atoms with Crippen LogP contribution in [0.2, 0.25) is 0 Å². The van der Waals surface area contributed by atoms with E-state index in [0.29, 0.717) is 0 Å². The third-order valence-corrected chi connectivity index (χ3v) is 4.88. The van der Waals surface area contributed by atoms with Crippen LogP contribution in [0.1, 0.15) is 63.5 Å². The number of benzene rings is 1. The summed E-state index contributed by atoms with van der Waals surface area (Å²) in [4.78, 5) is 0. The molecule has 0 aromatic heterocycles. The van der Waals surface area contributed by atoms with Crippen LogP contribution >= 0.6 is 0 Å². The number of hydrogen-bond donors (Lipinski definition) is 1. The first-order valence-corrected chi connectivity index (χ1v) is 8.26. The van der Waals surface area contributed by atoms with Crippen LogP contribution < -0.4 is 4.74 Å². The summed E-state index contributed by atoms with van der Waals surface area (Å²) in [5.74, 6) is 0.824. The number of rotatable bonds is 3. The van der Waals surface area contributed by atoms with Crippen molar-refractivity contribution in [3.63, 3.8) is 0 Å². The van der Waals surface area contributed by atoms with Crippen molar-refractivity contribution in [1.29, 1.82) is 0 Å². The Morgan fingerprint density at radius 3 is 2.76 bits per heavy atom. The first kappa shape index (κ1) is 14.9. The van der Waals surface area contributed by atoms with Crippen LogP contribution in [-0.4, -0.2) is 23.4 Å². The van der Waals surface area contributed by atoms with E-state index >= 15 is 0 Å². The lowest BCUT2D eigenvalue weighted by Crippen LogP contribution is -2.45. The van der Waals surface area contributed by atoms with E-state index in [-0.39, 0.29) is 11.7 Å². The van der Waals surface area contributed by atoms with Crippen molar-refractivity contribution >= 4 is 0 Å². The van der Waals surface area contributed by atoms with Crippen LogP contribution in [0.3, 0.4) is 0 Å². The lowest BCUT2D eigenvalue weighted by Gasteiger charge is -2.43. The molecule has 1 heterocycles. The predicted octanol–water partition coefficient (Wildman–Crippen LogP) is 4.00. The molecule has 1 aliphatic heterocycles. The van der Waals surface area contributed by atoms with Gasteiger partial charge in [-0.3, -0.25) is 0 Å². The maximum Gasteiger partial charge on any atom is 0.125 e. The van der Waals surface area contributed by atoms with Gasteiger partial charge >= 0.3 is 0 Å². The highest BCUT2D eigenvalue weighted by Gasteiger charge is 2.39. The van der Waals surface area contributed by atoms with Gasteiger partial charge in [0, 0.05) is 18.4 Å². The molecule has 1 saturated carbocycles. The zero-order chi connectivity index (χ0) is 14.7. The predicted molar refractivity (Wildman–Crippen MR) is 82.5 cm³/mol. The minimum atomic E-state index is -0.496. The fourth-order valence-corrected chi connectivity index (χ4v) is 3.74. The first-order chi connectivity index (χ1) is 10.2. The van der Waals surface area contributed by atoms with Crippen LogP contribution in [0.25, 0.3) is 0 Å². The van der Waals surface area contributed by atoms with E-state index < -0.39 is 6.10 Å². The molecule has 3 rings (SSSR count). The molecule has 116 valence electrons. The van der Waals surface area contributed by atoms with Crippen LogP contribution in [0.4, 0.5) is 0 Å². The molecule has 1 aliphatic carbocycles. The van der Waals surface area contributed by atoms with Crippen LogP contribution in [0.15, 0.2) is 24.3 Å². The second-order valence-corrected chi connectivity index (χ2v) is 6.54. The standard InChI is InChI=1S/C18H26O3/c1-14(19)16-7-3-4-8-17(16)21-15-9-12-20-18(13-15)10-5-2-6-11-18/h3-4,7-8,14-15,19H,2,5-6,9-13H2,1H3/t14-,15?/m0/s1. The maximum absolute atomic E-state index is 9.87. The Hall–Kier alpha value is -1.06. The lowest BCUT2D eigenvalue weighted by atomic mass is 9.79. The molecule has 1 unspecified atom stereocenters. The zero-order valence-electron chi connectivity index (χ0n) is 12.9. The summed E-state index contributed by atoms with van der Waals surface area (Å²) in [7, 11) is 0. The highest BCUT2D eigenvalue weighted by molar-refractivity contribution is 5.35. The van der Waals surface area contributed by atoms with Gasteiger partial charge in [-0.1, -0.05) is 37.5 Å². The van der Waals surface area contributed by atoms with E-state index in [4.69, 9.17) is 9.47 Å². The minimum Gasteiger partial charge on any atom is -0.490 e. The van der Waals surface area contributed by atoms with E-state index in [1.54, 1.807) is 6.92 Å². The van der Waals surface area contributed by atoms with E-state index in [9.17, 15) is 5.11 Å². The normalized spacial score (nSPS) is 26.5. The molecule has 2 fully saturated rings. The van der Waals surface area contributed by atoms with Crippen LogP contribution in [-0.2, 0) is 4.74 Å². The van der Waals surface area contributed by atoms with Gasteiger partial charge in [-0.25, -0.2) is 0 Å². The van der Waals surface area contributed by atoms with E-state index in [2.05, 4.69) is 0 Å². The molecule has 1 N–H and O–H groups in total. The third kappa shape index (κ3) is 3.41. The highest BCUT2D eigenvalue weighted by atomic mass is 16.5. The Balaban J connectivity index is 1.70. The van der Waals surface area contributed by atoms with Gasteiger partial charge in [-0.15, -0.1) is 0 Å². The second kappa shape index (κ2) is 6.37. The van der Waals surface area contributed by atoms with Gasteiger partial charge in [0.1, 0.15) is 11.9 Å². The van der Waals surface area contributed by atoms with Gasteiger partial charge in [-0.2, -0.15) is 0 Å². The number of aliphatic hydroxyl groups excluding tert-OH is 1. The summed E-state index contributed by atoms with van der Waals surface area (Å²) >= 11 is 0. The van der Waals surface area contributed by atoms with Crippen LogP contribution in [0.5, 0.6) is 5.75 Å². The molecular weight excluding hydrogens is 264 g/mol. The van der Waals surface area contributed by atoms with Crippen molar-refractivity contribution in [1.82, 2.24) is 0 Å². The Kier molecular flexibility index (Phi) is 4.51. The number of ether oxygens (including phenoxy) is 2. The van der Waals surface area contributed by atoms with Gasteiger partial charge in [-0.05, 0) is 25.8 Å². The summed E-state index contributed by atoms with van der Waals surface area (Å²) in [6.45, 7) is 2.58. The first-order valence-electron chi connectivity index (χ1n) is 8.26. The molecular formula is C18H26O3. The topological polar surface area (TPSA) is 38.7 Å². The van der Waals surface area contributed by atoms with Crippen LogP contribution in [0, 0.1) is 0 Å². The summed E-state index contributed by atoms with van der Waals surface area (Å²) in [5.41, 5.74) is 0.933. The fourth-order valence-electron chi connectivity index (χ4n) is 3.74. The molecule has 1 saturated heterocycles. The Bertz CT molecular complexity index is 458. The quantitative estimate of drug-likeness (QED) is 0.914. The molecule has 1 aromatic rings. The highest BCUT2D eigenvalue weighted by Crippen LogP contribution is 2.40. The van der Waals surface area contributed by atoms with E-state index in [1.165, 1.54) is 32.1 Å². The van der Waals surface area contributed by atoms with Crippen molar-refractivity contribution in [2.45, 2.75) is 69.7 Å². The molecule has 21 heavy (non-hydrogen) atoms. The SMILES string of the molecule is C[C@H](O)c1ccccc1OC1CCOC2(CCCCC2)C1. The smallest absolute Gasteiger partial charge is 0.125 e. The molecule has 2 aliphatic rings. The monoisotopic (exact) mass is 290 g/mol. The third-order valence-electron chi connectivity index (χ3n) is 4.88. The number of para-hydroxylation sites is 1. The molecule has 2 atom stereocenters. The summed E-state index contributed by atoms with van der Waals surface area (Å²) in [5, 5.41) is 9.87. The van der Waals surface area contributed by atoms with Crippen molar-refractivity contribution in [3.05, 3.63) is 29.8 Å². The van der Waals surface area contributed by atoms with Gasteiger partial charge in [0.15, 0.2) is 0 Å². The maximum atomic E-state index is 9.87. The van der Waals surface area contributed by atoms with Crippen molar-refractivity contribution in [2.75, 3.05) is 6.61 Å². The van der Waals surface area contributed by atoms with E-state index in [1.807, 2.05) is 24.3 Å². The van der Waals surface area contributed by atoms with Crippen molar-refractivity contribution in [2.24, 2.45) is 0 Å². The minimum absolute atomic E-state index is 0.0565. The molecule has 1 aromatic carbocycles. The van der Waals surface area contributed by atoms with Crippen molar-refractivity contribution < 1.29 is 14.6 Å². The summed E-state index contributed by atoms with van der Waals surface area (Å²) in [6, 6.07) is 7.82. The Labute approximate surface area is 127 Å². The number of aliphatic hydroxyl groups is 1. The molecule has 3 nitrogen and oxygen atoms in total. The van der Waals surface area contributed by atoms with Gasteiger partial charge in [0.2, 0.25) is 0 Å². The van der Waals surface area contributed by atoms with Gasteiger partial charge in [0.05, 0.1) is 18.3 Å². The molecule has 0 radical (unpaired) electrons. The number of hydrogen-bond acceptors (Lipinski definition) is 3. The van der Waals surface area contributed by atoms with Crippen molar-refractivity contribution in [3.8, 4) is 5.75 Å². The average Bonchev–Trinajstić information content (AvgIpc) is 2.48. The Morgan fingerprint density at radius 1 is 1.24 bits per heavy atom. The Morgan fingerprint density at radius 2 is 2.00 bits per heavy atom. The average molecular weight is 290 g/mol. The molecule has 3 heteroatoms. The fraction of sp³-hybridized carbons (Fsp3) is 0.667. The van der Waals surface area contributed by atoms with E-state index in [0.717, 1.165) is 30.8 Å². The summed E-state index contributed by atoms with van der Waals surface area (Å²) < 4.78 is 12.4. The molecule has 0 bridgehead atoms. The second-order valence-electron chi connectivity index (χ2n) is 6.54. The molecule has 1 spiro atoms. The van der Waals surface area contributed by atoms with Gasteiger partial charge < -0.3 is 14.6 Å². The summed E-state index contributed by atoms with van der Waals surface area (Å²) in [6.07, 6.45) is 7.86. The largest absolute Gasteiger partial charge is 0.490 e. The molecule has 0 amide bonds. The van der Waals surface area contributed by atoms with Gasteiger partial charge in [0.25, 0.3) is 0 Å².